The van der Waals surface area contributed by atoms with Crippen LogP contribution in [-0.2, 0) is 57.0 Å². The summed E-state index contributed by atoms with van der Waals surface area (Å²) in [6.07, 6.45) is 8.97. The first-order valence-electron chi connectivity index (χ1n) is 22.9. The van der Waals surface area contributed by atoms with Crippen LogP contribution in [0.15, 0.2) is 59.3 Å². The largest absolute Gasteiger partial charge is 0.462 e. The summed E-state index contributed by atoms with van der Waals surface area (Å²) >= 11 is 0. The van der Waals surface area contributed by atoms with Crippen LogP contribution in [0.25, 0.3) is 0 Å². The highest BCUT2D eigenvalue weighted by Gasteiger charge is 2.60. The molecule has 4 saturated heterocycles. The summed E-state index contributed by atoms with van der Waals surface area (Å²) in [5.41, 5.74) is 0.129. The van der Waals surface area contributed by atoms with Crippen molar-refractivity contribution < 1.29 is 67.2 Å². The number of hydrogen-bond donors (Lipinski definition) is 3. The highest BCUT2D eigenvalue weighted by Crippen LogP contribution is 2.47. The molecule has 0 aromatic rings. The minimum atomic E-state index is -1.83. The van der Waals surface area contributed by atoms with Gasteiger partial charge >= 0.3 is 5.97 Å². The minimum Gasteiger partial charge on any atom is -0.462 e. The van der Waals surface area contributed by atoms with Crippen LogP contribution in [0, 0.1) is 17.8 Å². The zero-order valence-electron chi connectivity index (χ0n) is 38.6. The SMILES string of the molecule is CO[C@H]1C[C@@H](O[C@@H]2C/C=C\C=C3\CO[C@@H]4[C@H](O)C(C)=C[C@H](C(=O)O[C@@H]5C[C@@H](CC=C2C)O[C@]2(C=C[C@H](C)[C@H](C(C)C)O2)C5)[C@]34O)O[C@@H](C)[C@H]1O[C@H]1C[C@@H](OC)[C@@H](NC(C)=O)[C@@H](C)O1. The normalized spacial score (nSPS) is 46.0. The van der Waals surface area contributed by atoms with Crippen LogP contribution >= 0.6 is 0 Å². The lowest BCUT2D eigenvalue weighted by atomic mass is 9.71. The zero-order chi connectivity index (χ0) is 45.4. The van der Waals surface area contributed by atoms with Gasteiger partial charge in [-0.2, -0.15) is 0 Å². The van der Waals surface area contributed by atoms with Crippen molar-refractivity contribution >= 4 is 11.9 Å². The number of carbonyl (C=O) groups excluding carboxylic acids is 2. The second kappa shape index (κ2) is 20.0. The van der Waals surface area contributed by atoms with Crippen molar-refractivity contribution in [3.8, 4) is 0 Å². The van der Waals surface area contributed by atoms with E-state index in [1.807, 2.05) is 39.0 Å². The first-order chi connectivity index (χ1) is 29.9. The average Bonchev–Trinajstić information content (AvgIpc) is 3.57. The van der Waals surface area contributed by atoms with Crippen molar-refractivity contribution in [1.29, 1.82) is 0 Å². The molecule has 3 N–H and O–H groups in total. The lowest BCUT2D eigenvalue weighted by Crippen LogP contribution is -2.58. The van der Waals surface area contributed by atoms with Gasteiger partial charge in [0.2, 0.25) is 5.91 Å². The Labute approximate surface area is 372 Å². The molecule has 7 rings (SSSR count). The van der Waals surface area contributed by atoms with Crippen molar-refractivity contribution in [2.24, 2.45) is 17.8 Å². The van der Waals surface area contributed by atoms with Crippen LogP contribution in [0.5, 0.6) is 0 Å². The van der Waals surface area contributed by atoms with Gasteiger partial charge in [0.15, 0.2) is 18.4 Å². The van der Waals surface area contributed by atoms with E-state index in [-0.39, 0.29) is 67.3 Å². The summed E-state index contributed by atoms with van der Waals surface area (Å²) in [6.45, 7) is 15.5. The van der Waals surface area contributed by atoms with Crippen LogP contribution in [0.3, 0.4) is 0 Å². The number of aliphatic hydroxyl groups is 2. The van der Waals surface area contributed by atoms with Gasteiger partial charge in [-0.25, -0.2) is 0 Å². The third-order valence-corrected chi connectivity index (χ3v) is 14.0. The van der Waals surface area contributed by atoms with Crippen LogP contribution in [0.2, 0.25) is 0 Å². The molecule has 4 fully saturated rings. The fraction of sp³-hybridized carbons (Fsp3) is 0.750. The van der Waals surface area contributed by atoms with Gasteiger partial charge in [0.25, 0.3) is 0 Å². The quantitative estimate of drug-likeness (QED) is 0.222. The molecule has 0 saturated carbocycles. The summed E-state index contributed by atoms with van der Waals surface area (Å²) < 4.78 is 63.9. The number of aliphatic hydroxyl groups excluding tert-OH is 1. The van der Waals surface area contributed by atoms with E-state index in [1.165, 1.54) is 6.92 Å². The van der Waals surface area contributed by atoms with Crippen LogP contribution in [0.4, 0.5) is 0 Å². The Morgan fingerprint density at radius 2 is 1.65 bits per heavy atom. The number of hydrogen-bond acceptors (Lipinski definition) is 14. The molecule has 0 radical (unpaired) electrons. The van der Waals surface area contributed by atoms with Crippen LogP contribution in [0.1, 0.15) is 93.9 Å². The van der Waals surface area contributed by atoms with Crippen molar-refractivity contribution in [1.82, 2.24) is 5.32 Å². The van der Waals surface area contributed by atoms with Gasteiger partial charge in [0.05, 0.1) is 55.4 Å². The molecule has 15 heteroatoms. The number of methoxy groups -OCH3 is 2. The van der Waals surface area contributed by atoms with E-state index >= 15 is 0 Å². The lowest BCUT2D eigenvalue weighted by molar-refractivity contribution is -0.310. The highest BCUT2D eigenvalue weighted by molar-refractivity contribution is 5.78. The molecule has 2 bridgehead atoms. The van der Waals surface area contributed by atoms with E-state index in [9.17, 15) is 19.8 Å². The molecule has 352 valence electrons. The number of carbonyl (C=O) groups is 2. The molecule has 6 aliphatic heterocycles. The molecule has 15 nitrogen and oxygen atoms in total. The van der Waals surface area contributed by atoms with Crippen LogP contribution < -0.4 is 5.32 Å². The van der Waals surface area contributed by atoms with Gasteiger partial charge in [0, 0.05) is 52.7 Å². The first-order valence-corrected chi connectivity index (χ1v) is 22.9. The molecular formula is C48H71NO14. The van der Waals surface area contributed by atoms with Crippen molar-refractivity contribution in [2.75, 3.05) is 20.8 Å². The van der Waals surface area contributed by atoms with Gasteiger partial charge in [-0.1, -0.05) is 57.2 Å². The summed E-state index contributed by atoms with van der Waals surface area (Å²) in [5.74, 6) is -2.59. The molecule has 1 amide bonds. The third-order valence-electron chi connectivity index (χ3n) is 14.0. The highest BCUT2D eigenvalue weighted by atomic mass is 16.7. The Morgan fingerprint density at radius 1 is 0.937 bits per heavy atom. The number of nitrogens with one attached hydrogen (secondary N) is 1. The molecule has 0 aromatic heterocycles. The van der Waals surface area contributed by atoms with E-state index < -0.39 is 72.5 Å². The number of amides is 1. The minimum absolute atomic E-state index is 0.0322. The van der Waals surface area contributed by atoms with Gasteiger partial charge < -0.3 is 62.9 Å². The molecule has 63 heavy (non-hydrogen) atoms. The Balaban J connectivity index is 1.14. The van der Waals surface area contributed by atoms with Crippen molar-refractivity contribution in [3.05, 3.63) is 59.3 Å². The zero-order valence-corrected chi connectivity index (χ0v) is 38.6. The van der Waals surface area contributed by atoms with Gasteiger partial charge in [-0.15, -0.1) is 0 Å². The second-order valence-electron chi connectivity index (χ2n) is 19.0. The third kappa shape index (κ3) is 10.3. The first kappa shape index (κ1) is 48.1. The Bertz CT molecular complexity index is 1790. The molecule has 6 heterocycles. The fourth-order valence-electron chi connectivity index (χ4n) is 10.6. The Hall–Kier alpha value is -2.80. The van der Waals surface area contributed by atoms with E-state index in [1.54, 1.807) is 33.3 Å². The Morgan fingerprint density at radius 3 is 2.37 bits per heavy atom. The second-order valence-corrected chi connectivity index (χ2v) is 19.0. The monoisotopic (exact) mass is 885 g/mol. The number of esters is 1. The molecule has 18 atom stereocenters. The molecule has 1 spiro atoms. The van der Waals surface area contributed by atoms with Gasteiger partial charge in [0.1, 0.15) is 35.9 Å². The van der Waals surface area contributed by atoms with Crippen molar-refractivity contribution in [3.63, 3.8) is 0 Å². The molecule has 0 aromatic carbocycles. The molecular weight excluding hydrogens is 815 g/mol. The van der Waals surface area contributed by atoms with Crippen molar-refractivity contribution in [2.45, 2.75) is 191 Å². The van der Waals surface area contributed by atoms with Crippen LogP contribution in [-0.4, -0.2) is 140 Å². The topological polar surface area (TPSA) is 179 Å². The number of ether oxygens (including phenoxy) is 10. The van der Waals surface area contributed by atoms with E-state index in [2.05, 4.69) is 38.2 Å². The van der Waals surface area contributed by atoms with E-state index in [0.29, 0.717) is 43.3 Å². The fourth-order valence-corrected chi connectivity index (χ4v) is 10.6. The van der Waals surface area contributed by atoms with E-state index in [0.717, 1.165) is 5.57 Å². The molecule has 1 aliphatic carbocycles. The van der Waals surface area contributed by atoms with E-state index in [4.69, 9.17) is 47.4 Å². The predicted molar refractivity (Wildman–Crippen MR) is 230 cm³/mol. The van der Waals surface area contributed by atoms with Gasteiger partial charge in [-0.05, 0) is 69.2 Å². The predicted octanol–water partition coefficient (Wildman–Crippen LogP) is 4.89. The maximum Gasteiger partial charge on any atom is 0.316 e. The standard InChI is InChI=1S/C48H71NO14/c1-25(2)43-27(4)17-18-47(63-43)23-34-20-33(62-47)16-15-26(3)36(14-12-11-13-32-24-56-45-42(51)28(5)19-35(46(52)59-34)48(32,45)53)60-39-22-38(55-10)44(30(7)58-39)61-40-21-37(54-9)41(29(6)57-40)49-31(8)50/h11-13,15,17-19,25,27,29-30,33-45,51,53H,14,16,20-24H2,1-10H3,(H,49,50)/b12-11-,26-15?,32-13-/t27-,29+,30-,33+,34+,35+,36+,37+,38-,39+,40-,41-,42+,43-,44+,45+,47-,48+/m0/s1. The number of allylic oxidation sites excluding steroid dienone is 2. The molecule has 0 unspecified atom stereocenters. The maximum absolute atomic E-state index is 14.3. The summed E-state index contributed by atoms with van der Waals surface area (Å²) in [7, 11) is 3.26. The molecule has 7 aliphatic rings. The lowest BCUT2D eigenvalue weighted by Gasteiger charge is -2.48. The summed E-state index contributed by atoms with van der Waals surface area (Å²) in [6, 6.07) is -0.312. The number of rotatable bonds is 8. The smallest absolute Gasteiger partial charge is 0.316 e. The summed E-state index contributed by atoms with van der Waals surface area (Å²) in [5, 5.41) is 26.6. The number of fused-ring (bicyclic) bond motifs is 2. The Kier molecular flexibility index (Phi) is 15.3. The van der Waals surface area contributed by atoms with Gasteiger partial charge in [-0.3, -0.25) is 9.59 Å². The average molecular weight is 886 g/mol. The maximum atomic E-state index is 14.3. The summed E-state index contributed by atoms with van der Waals surface area (Å²) in [4.78, 5) is 26.2.